The topological polar surface area (TPSA) is 80.3 Å². The number of furan rings is 1. The molecular weight excluding hydrogens is 270 g/mol. The molecule has 0 aliphatic carbocycles. The van der Waals surface area contributed by atoms with Crippen molar-refractivity contribution < 1.29 is 14.3 Å². The fourth-order valence-electron chi connectivity index (χ4n) is 2.31. The summed E-state index contributed by atoms with van der Waals surface area (Å²) in [6.07, 6.45) is 1.60. The lowest BCUT2D eigenvalue weighted by atomic mass is 10.1. The number of hydrogen-bond acceptors (Lipinski definition) is 4. The smallest absolute Gasteiger partial charge is 0.255 e. The molecule has 0 radical (unpaired) electrons. The van der Waals surface area contributed by atoms with E-state index in [-0.39, 0.29) is 12.5 Å². The summed E-state index contributed by atoms with van der Waals surface area (Å²) in [7, 11) is 0. The van der Waals surface area contributed by atoms with Gasteiger partial charge in [-0.05, 0) is 32.4 Å². The summed E-state index contributed by atoms with van der Waals surface area (Å²) in [6, 6.07) is 3.37. The number of nitrogens with one attached hydrogen (secondary N) is 1. The van der Waals surface area contributed by atoms with E-state index in [1.165, 1.54) is 6.26 Å². The van der Waals surface area contributed by atoms with E-state index in [1.54, 1.807) is 12.1 Å². The molecule has 1 unspecified atom stereocenters. The Balaban J connectivity index is 2.03. The molecule has 0 spiro atoms. The van der Waals surface area contributed by atoms with Crippen molar-refractivity contribution >= 4 is 5.91 Å². The van der Waals surface area contributed by atoms with Crippen LogP contribution in [0.15, 0.2) is 22.8 Å². The molecule has 0 aromatic carbocycles. The number of aliphatic hydroxyl groups excluding tert-OH is 1. The lowest BCUT2D eigenvalue weighted by Gasteiger charge is -2.10. The van der Waals surface area contributed by atoms with Crippen molar-refractivity contribution in [1.29, 1.82) is 0 Å². The molecule has 2 heterocycles. The molecule has 2 rings (SSSR count). The molecule has 114 valence electrons. The number of nitrogens with zero attached hydrogens (tertiary/aromatic N) is 2. The van der Waals surface area contributed by atoms with Crippen molar-refractivity contribution in [2.24, 2.45) is 0 Å². The maximum Gasteiger partial charge on any atom is 0.255 e. The zero-order valence-electron chi connectivity index (χ0n) is 12.6. The van der Waals surface area contributed by atoms with Gasteiger partial charge in [-0.15, -0.1) is 0 Å². The fourth-order valence-corrected chi connectivity index (χ4v) is 2.31. The zero-order valence-corrected chi connectivity index (χ0v) is 12.6. The summed E-state index contributed by atoms with van der Waals surface area (Å²) < 4.78 is 6.94. The summed E-state index contributed by atoms with van der Waals surface area (Å²) in [5, 5.41) is 17.0. The number of carbonyl (C=O) groups excluding carboxylic acids is 1. The normalized spacial score (nSPS) is 12.4. The van der Waals surface area contributed by atoms with Gasteiger partial charge in [-0.25, -0.2) is 0 Å². The number of amides is 1. The van der Waals surface area contributed by atoms with Crippen LogP contribution in [0.3, 0.4) is 0 Å². The van der Waals surface area contributed by atoms with Gasteiger partial charge in [0, 0.05) is 12.2 Å². The van der Waals surface area contributed by atoms with Crippen LogP contribution in [0.1, 0.15) is 47.0 Å². The fraction of sp³-hybridized carbons (Fsp3) is 0.467. The van der Waals surface area contributed by atoms with Crippen LogP contribution in [0.2, 0.25) is 0 Å². The molecule has 0 bridgehead atoms. The Kier molecular flexibility index (Phi) is 4.80. The standard InChI is InChI=1S/C15H21N3O3/c1-4-7-18-11(3)14(10(2)17-18)15(20)16-9-12(19)13-6-5-8-21-13/h5-6,8,12,19H,4,7,9H2,1-3H3,(H,16,20). The Morgan fingerprint density at radius 3 is 2.90 bits per heavy atom. The SMILES string of the molecule is CCCn1nc(C)c(C(=O)NCC(O)c2ccco2)c1C. The van der Waals surface area contributed by atoms with Crippen LogP contribution >= 0.6 is 0 Å². The van der Waals surface area contributed by atoms with Crippen LogP contribution in [-0.4, -0.2) is 27.3 Å². The van der Waals surface area contributed by atoms with E-state index >= 15 is 0 Å². The number of aliphatic hydroxyl groups is 1. The minimum atomic E-state index is -0.852. The van der Waals surface area contributed by atoms with Gasteiger partial charge < -0.3 is 14.8 Å². The average Bonchev–Trinajstić information content (AvgIpc) is 3.06. The highest BCUT2D eigenvalue weighted by atomic mass is 16.4. The minimum absolute atomic E-state index is 0.101. The first kappa shape index (κ1) is 15.3. The Morgan fingerprint density at radius 1 is 1.52 bits per heavy atom. The molecule has 0 aliphatic heterocycles. The molecule has 2 aromatic rings. The van der Waals surface area contributed by atoms with E-state index in [0.29, 0.717) is 17.0 Å². The van der Waals surface area contributed by atoms with Gasteiger partial charge in [-0.2, -0.15) is 5.10 Å². The zero-order chi connectivity index (χ0) is 15.4. The highest BCUT2D eigenvalue weighted by Gasteiger charge is 2.19. The minimum Gasteiger partial charge on any atom is -0.467 e. The van der Waals surface area contributed by atoms with Crippen molar-refractivity contribution in [3.8, 4) is 0 Å². The summed E-state index contributed by atoms with van der Waals surface area (Å²) in [5.74, 6) is 0.211. The third kappa shape index (κ3) is 3.33. The largest absolute Gasteiger partial charge is 0.467 e. The van der Waals surface area contributed by atoms with Crippen LogP contribution in [0, 0.1) is 13.8 Å². The highest BCUT2D eigenvalue weighted by Crippen LogP contribution is 2.15. The molecule has 0 saturated heterocycles. The van der Waals surface area contributed by atoms with Crippen LogP contribution in [-0.2, 0) is 6.54 Å². The van der Waals surface area contributed by atoms with Crippen molar-refractivity contribution in [2.75, 3.05) is 6.54 Å². The van der Waals surface area contributed by atoms with Gasteiger partial charge in [0.1, 0.15) is 11.9 Å². The van der Waals surface area contributed by atoms with Gasteiger partial charge >= 0.3 is 0 Å². The first-order valence-corrected chi connectivity index (χ1v) is 7.08. The molecular formula is C15H21N3O3. The molecule has 2 N–H and O–H groups in total. The molecule has 1 atom stereocenters. The monoisotopic (exact) mass is 291 g/mol. The van der Waals surface area contributed by atoms with Gasteiger partial charge in [0.25, 0.3) is 5.91 Å². The number of aromatic nitrogens is 2. The Morgan fingerprint density at radius 2 is 2.29 bits per heavy atom. The average molecular weight is 291 g/mol. The van der Waals surface area contributed by atoms with Crippen molar-refractivity contribution in [1.82, 2.24) is 15.1 Å². The van der Waals surface area contributed by atoms with Gasteiger partial charge in [-0.3, -0.25) is 9.48 Å². The van der Waals surface area contributed by atoms with E-state index < -0.39 is 6.10 Å². The van der Waals surface area contributed by atoms with Crippen LogP contribution in [0.25, 0.3) is 0 Å². The van der Waals surface area contributed by atoms with E-state index in [4.69, 9.17) is 4.42 Å². The molecule has 0 aliphatic rings. The number of rotatable bonds is 6. The van der Waals surface area contributed by atoms with Crippen LogP contribution in [0.4, 0.5) is 0 Å². The third-order valence-corrected chi connectivity index (χ3v) is 3.37. The molecule has 6 nitrogen and oxygen atoms in total. The lowest BCUT2D eigenvalue weighted by molar-refractivity contribution is 0.0899. The number of hydrogen-bond donors (Lipinski definition) is 2. The van der Waals surface area contributed by atoms with Gasteiger partial charge in [0.15, 0.2) is 0 Å². The Hall–Kier alpha value is -2.08. The second-order valence-electron chi connectivity index (χ2n) is 5.01. The van der Waals surface area contributed by atoms with Gasteiger partial charge in [0.2, 0.25) is 0 Å². The second-order valence-corrected chi connectivity index (χ2v) is 5.01. The van der Waals surface area contributed by atoms with E-state index in [9.17, 15) is 9.90 Å². The van der Waals surface area contributed by atoms with Crippen molar-refractivity contribution in [3.05, 3.63) is 41.1 Å². The Bertz CT molecular complexity index is 602. The predicted octanol–water partition coefficient (Wildman–Crippen LogP) is 1.97. The van der Waals surface area contributed by atoms with E-state index in [1.807, 2.05) is 18.5 Å². The third-order valence-electron chi connectivity index (χ3n) is 3.37. The first-order valence-electron chi connectivity index (χ1n) is 7.08. The second kappa shape index (κ2) is 6.58. The lowest BCUT2D eigenvalue weighted by Crippen LogP contribution is -2.29. The molecule has 21 heavy (non-hydrogen) atoms. The predicted molar refractivity (Wildman–Crippen MR) is 78.0 cm³/mol. The van der Waals surface area contributed by atoms with E-state index in [2.05, 4.69) is 17.3 Å². The summed E-state index contributed by atoms with van der Waals surface area (Å²) in [6.45, 7) is 6.65. The summed E-state index contributed by atoms with van der Waals surface area (Å²) >= 11 is 0. The van der Waals surface area contributed by atoms with Gasteiger partial charge in [-0.1, -0.05) is 6.92 Å². The van der Waals surface area contributed by atoms with Crippen LogP contribution in [0.5, 0.6) is 0 Å². The first-order chi connectivity index (χ1) is 10.0. The quantitative estimate of drug-likeness (QED) is 0.852. The summed E-state index contributed by atoms with van der Waals surface area (Å²) in [4.78, 5) is 12.3. The molecule has 1 amide bonds. The maximum atomic E-state index is 12.3. The van der Waals surface area contributed by atoms with Gasteiger partial charge in [0.05, 0.1) is 24.1 Å². The van der Waals surface area contributed by atoms with Crippen molar-refractivity contribution in [2.45, 2.75) is 39.8 Å². The molecule has 0 saturated carbocycles. The Labute approximate surface area is 123 Å². The number of aryl methyl sites for hydroxylation is 2. The maximum absolute atomic E-state index is 12.3. The molecule has 6 heteroatoms. The van der Waals surface area contributed by atoms with Crippen molar-refractivity contribution in [3.63, 3.8) is 0 Å². The highest BCUT2D eigenvalue weighted by molar-refractivity contribution is 5.96. The summed E-state index contributed by atoms with van der Waals surface area (Å²) in [5.41, 5.74) is 2.13. The molecule has 2 aromatic heterocycles. The van der Waals surface area contributed by atoms with E-state index in [0.717, 1.165) is 18.7 Å². The molecule has 0 fully saturated rings. The van der Waals surface area contributed by atoms with Crippen LogP contribution < -0.4 is 5.32 Å². The number of carbonyl (C=O) groups is 1.